The number of nitrogens with zero attached hydrogens (tertiary/aromatic N) is 1. The summed E-state index contributed by atoms with van der Waals surface area (Å²) in [5.74, 6) is 2.35. The van der Waals surface area contributed by atoms with Crippen LogP contribution >= 0.6 is 28.1 Å². The van der Waals surface area contributed by atoms with Gasteiger partial charge in [0.15, 0.2) is 0 Å². The van der Waals surface area contributed by atoms with Gasteiger partial charge in [0.1, 0.15) is 10.5 Å². The van der Waals surface area contributed by atoms with Crippen LogP contribution in [0.15, 0.2) is 4.47 Å². The van der Waals surface area contributed by atoms with Crippen molar-refractivity contribution in [2.45, 2.75) is 44.9 Å². The molecule has 1 unspecified atom stereocenters. The van der Waals surface area contributed by atoms with Gasteiger partial charge in [-0.1, -0.05) is 26.1 Å². The molecule has 1 atom stereocenters. The van der Waals surface area contributed by atoms with Crippen LogP contribution in [0.1, 0.15) is 56.5 Å². The molecule has 2 aliphatic rings. The second-order valence-electron chi connectivity index (χ2n) is 5.67. The standard InChI is InChI=1S/C12H15BrN2S/c1-12(2)5-7(12)10-14-9(6-3-4-6)8(13)11(16)15-10/h6-7H,3-5H2,1-2H3,(H,14,15,16). The van der Waals surface area contributed by atoms with Gasteiger partial charge in [0.25, 0.3) is 0 Å². The average Bonchev–Trinajstić information content (AvgIpc) is 3.07. The number of H-pyrrole nitrogens is 1. The average molecular weight is 299 g/mol. The fraction of sp³-hybridized carbons (Fsp3) is 0.667. The third-order valence-electron chi connectivity index (χ3n) is 3.74. The summed E-state index contributed by atoms with van der Waals surface area (Å²) in [4.78, 5) is 8.02. The molecule has 1 aromatic rings. The largest absolute Gasteiger partial charge is 0.346 e. The van der Waals surface area contributed by atoms with Crippen LogP contribution < -0.4 is 0 Å². The Balaban J connectivity index is 2.04. The quantitative estimate of drug-likeness (QED) is 0.825. The summed E-state index contributed by atoms with van der Waals surface area (Å²) in [7, 11) is 0. The predicted molar refractivity (Wildman–Crippen MR) is 70.2 cm³/mol. The number of hydrogen-bond acceptors (Lipinski definition) is 2. The molecule has 2 nitrogen and oxygen atoms in total. The second kappa shape index (κ2) is 3.39. The zero-order valence-corrected chi connectivity index (χ0v) is 11.9. The maximum atomic E-state index is 5.32. The Morgan fingerprint density at radius 1 is 1.44 bits per heavy atom. The van der Waals surface area contributed by atoms with E-state index in [1.165, 1.54) is 25.0 Å². The van der Waals surface area contributed by atoms with Gasteiger partial charge in [-0.05, 0) is 40.6 Å². The van der Waals surface area contributed by atoms with Gasteiger partial charge in [0.05, 0.1) is 4.47 Å². The molecule has 0 saturated heterocycles. The number of hydrogen-bond donors (Lipinski definition) is 1. The molecule has 2 aliphatic carbocycles. The first-order valence-corrected chi connectivity index (χ1v) is 6.99. The van der Waals surface area contributed by atoms with E-state index in [0.717, 1.165) is 14.9 Å². The minimum Gasteiger partial charge on any atom is -0.346 e. The summed E-state index contributed by atoms with van der Waals surface area (Å²) >= 11 is 8.87. The summed E-state index contributed by atoms with van der Waals surface area (Å²) in [6, 6.07) is 0. The van der Waals surface area contributed by atoms with Crippen molar-refractivity contribution in [3.8, 4) is 0 Å². The Morgan fingerprint density at radius 2 is 2.06 bits per heavy atom. The van der Waals surface area contributed by atoms with Crippen LogP contribution in [0.5, 0.6) is 0 Å². The molecule has 2 saturated carbocycles. The smallest absolute Gasteiger partial charge is 0.144 e. The molecule has 2 fully saturated rings. The predicted octanol–water partition coefficient (Wildman–Crippen LogP) is 4.29. The zero-order chi connectivity index (χ0) is 11.5. The van der Waals surface area contributed by atoms with Crippen molar-refractivity contribution in [1.29, 1.82) is 0 Å². The fourth-order valence-corrected chi connectivity index (χ4v) is 2.97. The van der Waals surface area contributed by atoms with Gasteiger partial charge in [-0.25, -0.2) is 4.98 Å². The summed E-state index contributed by atoms with van der Waals surface area (Å²) in [5.41, 5.74) is 1.68. The minimum absolute atomic E-state index is 0.403. The van der Waals surface area contributed by atoms with E-state index in [1.807, 2.05) is 0 Å². The number of aromatic nitrogens is 2. The van der Waals surface area contributed by atoms with Crippen LogP contribution in [0.3, 0.4) is 0 Å². The Kier molecular flexibility index (Phi) is 2.31. The summed E-state index contributed by atoms with van der Waals surface area (Å²) in [6.07, 6.45) is 3.78. The number of rotatable bonds is 2. The molecular formula is C12H15BrN2S. The third-order valence-corrected chi connectivity index (χ3v) is 5.10. The number of aromatic amines is 1. The lowest BCUT2D eigenvalue weighted by atomic mass is 10.1. The maximum Gasteiger partial charge on any atom is 0.144 e. The molecule has 16 heavy (non-hydrogen) atoms. The van der Waals surface area contributed by atoms with Crippen LogP contribution in [0, 0.1) is 10.1 Å². The summed E-state index contributed by atoms with van der Waals surface area (Å²) in [6.45, 7) is 4.57. The maximum absolute atomic E-state index is 5.32. The molecule has 0 radical (unpaired) electrons. The van der Waals surface area contributed by atoms with Crippen molar-refractivity contribution in [2.75, 3.05) is 0 Å². The van der Waals surface area contributed by atoms with Crippen molar-refractivity contribution in [3.63, 3.8) is 0 Å². The molecule has 3 rings (SSSR count). The lowest BCUT2D eigenvalue weighted by molar-refractivity contribution is 0.605. The first-order valence-electron chi connectivity index (χ1n) is 5.78. The minimum atomic E-state index is 0.403. The summed E-state index contributed by atoms with van der Waals surface area (Å²) < 4.78 is 1.73. The molecular weight excluding hydrogens is 284 g/mol. The van der Waals surface area contributed by atoms with Gasteiger partial charge >= 0.3 is 0 Å². The first kappa shape index (κ1) is 10.9. The van der Waals surface area contributed by atoms with E-state index in [1.54, 1.807) is 0 Å². The Labute approximate surface area is 109 Å². The molecule has 86 valence electrons. The van der Waals surface area contributed by atoms with Crippen molar-refractivity contribution in [1.82, 2.24) is 9.97 Å². The van der Waals surface area contributed by atoms with Crippen LogP contribution in [0.25, 0.3) is 0 Å². The molecule has 0 aromatic carbocycles. The van der Waals surface area contributed by atoms with Crippen LogP contribution in [-0.2, 0) is 0 Å². The first-order chi connectivity index (χ1) is 7.49. The molecule has 0 spiro atoms. The highest BCUT2D eigenvalue weighted by atomic mass is 79.9. The van der Waals surface area contributed by atoms with E-state index >= 15 is 0 Å². The highest BCUT2D eigenvalue weighted by Gasteiger charge is 2.48. The van der Waals surface area contributed by atoms with Crippen molar-refractivity contribution in [3.05, 3.63) is 20.6 Å². The normalized spacial score (nSPS) is 26.8. The van der Waals surface area contributed by atoms with Gasteiger partial charge < -0.3 is 4.98 Å². The molecule has 1 N–H and O–H groups in total. The monoisotopic (exact) mass is 298 g/mol. The second-order valence-corrected chi connectivity index (χ2v) is 6.85. The third kappa shape index (κ3) is 1.76. The zero-order valence-electron chi connectivity index (χ0n) is 9.51. The van der Waals surface area contributed by atoms with Crippen LogP contribution in [-0.4, -0.2) is 9.97 Å². The van der Waals surface area contributed by atoms with E-state index in [0.29, 0.717) is 17.3 Å². The number of nitrogens with one attached hydrogen (secondary N) is 1. The SMILES string of the molecule is CC1(C)CC1c1nc(=S)c(Br)c(C2CC2)[nH]1. The van der Waals surface area contributed by atoms with Gasteiger partial charge in [-0.15, -0.1) is 0 Å². The van der Waals surface area contributed by atoms with E-state index in [4.69, 9.17) is 12.2 Å². The molecule has 1 aromatic heterocycles. The van der Waals surface area contributed by atoms with Gasteiger partial charge in [-0.3, -0.25) is 0 Å². The molecule has 0 amide bonds. The molecule has 1 heterocycles. The fourth-order valence-electron chi connectivity index (χ4n) is 2.25. The Morgan fingerprint density at radius 3 is 2.56 bits per heavy atom. The lowest BCUT2D eigenvalue weighted by Gasteiger charge is -2.08. The summed E-state index contributed by atoms with van der Waals surface area (Å²) in [5, 5.41) is 0. The van der Waals surface area contributed by atoms with Crippen molar-refractivity contribution >= 4 is 28.1 Å². The van der Waals surface area contributed by atoms with Gasteiger partial charge in [-0.2, -0.15) is 0 Å². The molecule has 0 aliphatic heterocycles. The Bertz CT molecular complexity index is 502. The Hall–Kier alpha value is -0.220. The van der Waals surface area contributed by atoms with E-state index in [-0.39, 0.29) is 0 Å². The van der Waals surface area contributed by atoms with Crippen LogP contribution in [0.4, 0.5) is 0 Å². The topological polar surface area (TPSA) is 28.7 Å². The highest BCUT2D eigenvalue weighted by Crippen LogP contribution is 2.58. The molecule has 0 bridgehead atoms. The number of halogens is 1. The van der Waals surface area contributed by atoms with E-state index < -0.39 is 0 Å². The van der Waals surface area contributed by atoms with E-state index in [2.05, 4.69) is 39.7 Å². The lowest BCUT2D eigenvalue weighted by Crippen LogP contribution is -2.02. The van der Waals surface area contributed by atoms with Crippen LogP contribution in [0.2, 0.25) is 0 Å². The van der Waals surface area contributed by atoms with E-state index in [9.17, 15) is 0 Å². The van der Waals surface area contributed by atoms with Gasteiger partial charge in [0.2, 0.25) is 0 Å². The molecule has 4 heteroatoms. The van der Waals surface area contributed by atoms with Crippen molar-refractivity contribution < 1.29 is 0 Å². The van der Waals surface area contributed by atoms with Gasteiger partial charge in [0, 0.05) is 17.5 Å². The highest BCUT2D eigenvalue weighted by molar-refractivity contribution is 9.10. The van der Waals surface area contributed by atoms with Crippen molar-refractivity contribution in [2.24, 2.45) is 5.41 Å².